The number of amides is 2. The number of nitrogens with two attached hydrogens (primary N) is 1. The molecule has 30 heavy (non-hydrogen) atoms. The van der Waals surface area contributed by atoms with E-state index in [1.54, 1.807) is 24.3 Å². The van der Waals surface area contributed by atoms with Crippen LogP contribution in [0.3, 0.4) is 0 Å². The highest BCUT2D eigenvalue weighted by molar-refractivity contribution is 5.96. The molecule has 8 nitrogen and oxygen atoms in total. The minimum Gasteiger partial charge on any atom is -0.493 e. The van der Waals surface area contributed by atoms with Crippen molar-refractivity contribution >= 4 is 29.5 Å². The van der Waals surface area contributed by atoms with E-state index in [1.807, 2.05) is 13.8 Å². The summed E-state index contributed by atoms with van der Waals surface area (Å²) in [5.41, 5.74) is 6.64. The predicted molar refractivity (Wildman–Crippen MR) is 112 cm³/mol. The minimum absolute atomic E-state index is 0.00232. The molecule has 0 radical (unpaired) electrons. The molecule has 0 heterocycles. The van der Waals surface area contributed by atoms with Crippen molar-refractivity contribution in [3.05, 3.63) is 59.7 Å². The second kappa shape index (κ2) is 10.7. The Balaban J connectivity index is 1.87. The molecular weight excluding hydrogens is 388 g/mol. The van der Waals surface area contributed by atoms with Gasteiger partial charge >= 0.3 is 5.97 Å². The molecule has 2 amide bonds. The van der Waals surface area contributed by atoms with E-state index in [4.69, 9.17) is 19.9 Å². The third-order valence-corrected chi connectivity index (χ3v) is 3.76. The summed E-state index contributed by atoms with van der Waals surface area (Å²) in [4.78, 5) is 34.8. The maximum Gasteiger partial charge on any atom is 0.331 e. The van der Waals surface area contributed by atoms with E-state index in [1.165, 1.54) is 37.5 Å². The first-order chi connectivity index (χ1) is 14.3. The summed E-state index contributed by atoms with van der Waals surface area (Å²) >= 11 is 0. The topological polar surface area (TPSA) is 117 Å². The van der Waals surface area contributed by atoms with Crippen molar-refractivity contribution in [1.82, 2.24) is 0 Å². The normalized spacial score (nSPS) is 10.7. The molecule has 2 rings (SSSR count). The molecule has 0 aliphatic rings. The molecule has 0 saturated heterocycles. The molecule has 2 aromatic carbocycles. The summed E-state index contributed by atoms with van der Waals surface area (Å²) in [6, 6.07) is 11.3. The van der Waals surface area contributed by atoms with Gasteiger partial charge in [0.25, 0.3) is 5.91 Å². The molecule has 158 valence electrons. The molecule has 0 aliphatic heterocycles. The van der Waals surface area contributed by atoms with Gasteiger partial charge in [-0.25, -0.2) is 4.79 Å². The largest absolute Gasteiger partial charge is 0.493 e. The number of methoxy groups -OCH3 is 1. The van der Waals surface area contributed by atoms with Crippen LogP contribution in [0.25, 0.3) is 6.08 Å². The van der Waals surface area contributed by atoms with Crippen LogP contribution < -0.4 is 20.5 Å². The number of benzene rings is 2. The lowest BCUT2D eigenvalue weighted by atomic mass is 10.2. The number of hydrogen-bond acceptors (Lipinski definition) is 6. The molecule has 0 fully saturated rings. The number of anilines is 1. The van der Waals surface area contributed by atoms with Gasteiger partial charge in [-0.1, -0.05) is 6.07 Å². The van der Waals surface area contributed by atoms with Gasteiger partial charge in [-0.05, 0) is 61.9 Å². The number of nitrogens with one attached hydrogen (secondary N) is 1. The molecular formula is C22H24N2O6. The zero-order valence-corrected chi connectivity index (χ0v) is 17.0. The molecule has 0 atom stereocenters. The second-order valence-electron chi connectivity index (χ2n) is 6.51. The van der Waals surface area contributed by atoms with Gasteiger partial charge in [0.05, 0.1) is 13.2 Å². The smallest absolute Gasteiger partial charge is 0.331 e. The standard InChI is InChI=1S/C22H24N2O6/c1-14(2)30-18-10-4-15(12-19(18)28-3)5-11-21(26)29-13-20(25)24-17-8-6-16(7-9-17)22(23)27/h4-12,14H,13H2,1-3H3,(H2,23,27)(H,24,25)/b11-5+. The van der Waals surface area contributed by atoms with E-state index in [2.05, 4.69) is 5.32 Å². The van der Waals surface area contributed by atoms with Crippen LogP contribution in [0, 0.1) is 0 Å². The first kappa shape index (κ1) is 22.5. The maximum absolute atomic E-state index is 11.9. The fourth-order valence-corrected chi connectivity index (χ4v) is 2.40. The SMILES string of the molecule is COc1cc(/C=C/C(=O)OCC(=O)Nc2ccc(C(N)=O)cc2)ccc1OC(C)C. The van der Waals surface area contributed by atoms with Crippen LogP contribution in [0.1, 0.15) is 29.8 Å². The highest BCUT2D eigenvalue weighted by Gasteiger charge is 2.08. The fourth-order valence-electron chi connectivity index (χ4n) is 2.40. The summed E-state index contributed by atoms with van der Waals surface area (Å²) < 4.78 is 15.9. The fraction of sp³-hybridized carbons (Fsp3) is 0.227. The molecule has 0 aliphatic carbocycles. The van der Waals surface area contributed by atoms with Crippen molar-refractivity contribution in [2.45, 2.75) is 20.0 Å². The van der Waals surface area contributed by atoms with E-state index in [-0.39, 0.29) is 6.10 Å². The van der Waals surface area contributed by atoms with Crippen LogP contribution in [-0.2, 0) is 14.3 Å². The van der Waals surface area contributed by atoms with Crippen molar-refractivity contribution in [3.63, 3.8) is 0 Å². The zero-order chi connectivity index (χ0) is 22.1. The van der Waals surface area contributed by atoms with E-state index >= 15 is 0 Å². The van der Waals surface area contributed by atoms with Crippen LogP contribution >= 0.6 is 0 Å². The van der Waals surface area contributed by atoms with Crippen LogP contribution in [-0.4, -0.2) is 37.6 Å². The Kier molecular flexibility index (Phi) is 7.99. The van der Waals surface area contributed by atoms with Gasteiger partial charge < -0.3 is 25.3 Å². The van der Waals surface area contributed by atoms with Gasteiger partial charge in [-0.15, -0.1) is 0 Å². The number of esters is 1. The average molecular weight is 412 g/mol. The maximum atomic E-state index is 11.9. The van der Waals surface area contributed by atoms with Crippen molar-refractivity contribution in [3.8, 4) is 11.5 Å². The number of primary amides is 1. The van der Waals surface area contributed by atoms with E-state index < -0.39 is 24.4 Å². The van der Waals surface area contributed by atoms with E-state index in [0.29, 0.717) is 28.3 Å². The van der Waals surface area contributed by atoms with Gasteiger partial charge in [0.1, 0.15) is 0 Å². The van der Waals surface area contributed by atoms with Gasteiger partial charge in [-0.2, -0.15) is 0 Å². The van der Waals surface area contributed by atoms with Gasteiger partial charge in [0.2, 0.25) is 5.91 Å². The van der Waals surface area contributed by atoms with E-state index in [9.17, 15) is 14.4 Å². The Morgan fingerprint density at radius 1 is 1.07 bits per heavy atom. The molecule has 2 aromatic rings. The van der Waals surface area contributed by atoms with Crippen molar-refractivity contribution in [2.24, 2.45) is 5.73 Å². The summed E-state index contributed by atoms with van der Waals surface area (Å²) in [5, 5.41) is 2.55. The summed E-state index contributed by atoms with van der Waals surface area (Å²) in [5.74, 6) is -0.599. The van der Waals surface area contributed by atoms with Crippen LogP contribution in [0.4, 0.5) is 5.69 Å². The van der Waals surface area contributed by atoms with Crippen molar-refractivity contribution in [1.29, 1.82) is 0 Å². The first-order valence-electron chi connectivity index (χ1n) is 9.17. The molecule has 0 spiro atoms. The van der Waals surface area contributed by atoms with Crippen LogP contribution in [0.15, 0.2) is 48.5 Å². The van der Waals surface area contributed by atoms with Gasteiger partial charge in [0, 0.05) is 17.3 Å². The predicted octanol–water partition coefficient (Wildman–Crippen LogP) is 2.78. The lowest BCUT2D eigenvalue weighted by Crippen LogP contribution is -2.20. The Labute approximate surface area is 174 Å². The molecule has 0 bridgehead atoms. The first-order valence-corrected chi connectivity index (χ1v) is 9.17. The highest BCUT2D eigenvalue weighted by atomic mass is 16.5. The number of hydrogen-bond donors (Lipinski definition) is 2. The Morgan fingerprint density at radius 3 is 2.37 bits per heavy atom. The van der Waals surface area contributed by atoms with Crippen molar-refractivity contribution < 1.29 is 28.6 Å². The molecule has 0 unspecified atom stereocenters. The molecule has 8 heteroatoms. The lowest BCUT2D eigenvalue weighted by molar-refractivity contribution is -0.142. The van der Waals surface area contributed by atoms with Crippen molar-refractivity contribution in [2.75, 3.05) is 19.0 Å². The second-order valence-corrected chi connectivity index (χ2v) is 6.51. The lowest BCUT2D eigenvalue weighted by Gasteiger charge is -2.13. The quantitative estimate of drug-likeness (QED) is 0.483. The van der Waals surface area contributed by atoms with Gasteiger partial charge in [0.15, 0.2) is 18.1 Å². The molecule has 3 N–H and O–H groups in total. The highest BCUT2D eigenvalue weighted by Crippen LogP contribution is 2.29. The number of ether oxygens (including phenoxy) is 3. The number of carbonyl (C=O) groups excluding carboxylic acids is 3. The summed E-state index contributed by atoms with van der Waals surface area (Å²) in [7, 11) is 1.53. The molecule has 0 saturated carbocycles. The molecule has 0 aromatic heterocycles. The number of carbonyl (C=O) groups is 3. The van der Waals surface area contributed by atoms with Crippen LogP contribution in [0.5, 0.6) is 11.5 Å². The van der Waals surface area contributed by atoms with Crippen LogP contribution in [0.2, 0.25) is 0 Å². The Hall–Kier alpha value is -3.81. The average Bonchev–Trinajstić information content (AvgIpc) is 2.71. The Bertz CT molecular complexity index is 935. The Morgan fingerprint density at radius 2 is 1.77 bits per heavy atom. The summed E-state index contributed by atoms with van der Waals surface area (Å²) in [6.45, 7) is 3.37. The third kappa shape index (κ3) is 6.97. The third-order valence-electron chi connectivity index (χ3n) is 3.76. The summed E-state index contributed by atoms with van der Waals surface area (Å²) in [6.07, 6.45) is 2.76. The zero-order valence-electron chi connectivity index (χ0n) is 17.0. The van der Waals surface area contributed by atoms with Gasteiger partial charge in [-0.3, -0.25) is 9.59 Å². The van der Waals surface area contributed by atoms with E-state index in [0.717, 1.165) is 0 Å². The number of rotatable bonds is 9. The monoisotopic (exact) mass is 412 g/mol. The minimum atomic E-state index is -0.671.